The molecular weight excluding hydrogens is 526 g/mol. The van der Waals surface area contributed by atoms with Gasteiger partial charge in [-0.15, -0.1) is 0 Å². The molecule has 6 atom stereocenters. The normalized spacial score (nSPS) is 23.8. The number of imide groups is 1. The third-order valence-corrected chi connectivity index (χ3v) is 6.60. The molecule has 0 saturated carbocycles. The third kappa shape index (κ3) is 9.57. The average molecular weight is 572 g/mol. The fourth-order valence-corrected chi connectivity index (χ4v) is 5.13. The molecule has 0 N–H and O–H groups in total. The Morgan fingerprint density at radius 2 is 1.38 bits per heavy atom. The zero-order valence-corrected chi connectivity index (χ0v) is 25.5. The maximum Gasteiger partial charge on any atom is 0.305 e. The highest BCUT2D eigenvalue weighted by Crippen LogP contribution is 2.40. The van der Waals surface area contributed by atoms with Crippen LogP contribution in [0.3, 0.4) is 0 Å². The van der Waals surface area contributed by atoms with Crippen LogP contribution in [0.25, 0.3) is 0 Å². The molecule has 12 nitrogen and oxygen atoms in total. The van der Waals surface area contributed by atoms with Gasteiger partial charge in [0, 0.05) is 39.5 Å². The highest BCUT2D eigenvalue weighted by atomic mass is 16.6. The van der Waals surface area contributed by atoms with E-state index in [0.717, 1.165) is 18.7 Å². The maximum absolute atomic E-state index is 14.1. The van der Waals surface area contributed by atoms with Crippen molar-refractivity contribution in [2.45, 2.75) is 113 Å². The number of ether oxygens (including phenoxy) is 5. The molecule has 1 aliphatic rings. The number of amides is 2. The zero-order chi connectivity index (χ0) is 31.2. The van der Waals surface area contributed by atoms with Gasteiger partial charge in [-0.1, -0.05) is 41.5 Å². The van der Waals surface area contributed by atoms with Crippen molar-refractivity contribution in [3.8, 4) is 0 Å². The molecule has 12 heteroatoms. The smallest absolute Gasteiger partial charge is 0.305 e. The van der Waals surface area contributed by atoms with E-state index in [1.165, 1.54) is 21.0 Å². The highest BCUT2D eigenvalue weighted by Gasteiger charge is 2.58. The first-order valence-electron chi connectivity index (χ1n) is 13.3. The van der Waals surface area contributed by atoms with E-state index in [2.05, 4.69) is 0 Å². The Kier molecular flexibility index (Phi) is 12.3. The second kappa shape index (κ2) is 14.0. The van der Waals surface area contributed by atoms with E-state index in [1.807, 2.05) is 20.8 Å². The monoisotopic (exact) mass is 571 g/mol. The van der Waals surface area contributed by atoms with Gasteiger partial charge in [0.15, 0.2) is 12.2 Å². The van der Waals surface area contributed by atoms with Gasteiger partial charge in [-0.05, 0) is 17.8 Å². The average Bonchev–Trinajstić information content (AvgIpc) is 2.77. The van der Waals surface area contributed by atoms with Crippen LogP contribution in [0.5, 0.6) is 0 Å². The first kappa shape index (κ1) is 35.0. The van der Waals surface area contributed by atoms with Crippen molar-refractivity contribution < 1.29 is 52.5 Å². The third-order valence-electron chi connectivity index (χ3n) is 6.60. The maximum atomic E-state index is 14.1. The molecule has 1 aliphatic heterocycles. The van der Waals surface area contributed by atoms with Crippen molar-refractivity contribution in [2.24, 2.45) is 16.7 Å². The summed E-state index contributed by atoms with van der Waals surface area (Å²) in [4.78, 5) is 76.2. The first-order chi connectivity index (χ1) is 18.2. The molecule has 1 fully saturated rings. The van der Waals surface area contributed by atoms with Crippen molar-refractivity contribution in [2.75, 3.05) is 13.7 Å². The summed E-state index contributed by atoms with van der Waals surface area (Å²) in [6.45, 7) is 15.0. The Hall–Kier alpha value is -3.02. The van der Waals surface area contributed by atoms with Gasteiger partial charge in [-0.3, -0.25) is 33.7 Å². The standard InChI is InChI=1S/C28H45NO11/c1-15(12-21(34)36-11)13-28(9,10)26(35)29(16(2)30)22-24(39-19(5)33)23(38-18(4)32)20(14-37-17(3)31)40-25(22)27(6,7)8/h15,20,22-25H,12-14H2,1-11H3. The molecule has 1 saturated heterocycles. The predicted molar refractivity (Wildman–Crippen MR) is 141 cm³/mol. The number of carbonyl (C=O) groups is 6. The molecule has 228 valence electrons. The summed E-state index contributed by atoms with van der Waals surface area (Å²) >= 11 is 0. The second-order valence-electron chi connectivity index (χ2n) is 12.1. The van der Waals surface area contributed by atoms with Crippen LogP contribution in [0.2, 0.25) is 0 Å². The lowest BCUT2D eigenvalue weighted by Gasteiger charge is -2.52. The molecule has 0 aromatic heterocycles. The molecule has 0 spiro atoms. The van der Waals surface area contributed by atoms with Gasteiger partial charge in [0.05, 0.1) is 13.2 Å². The van der Waals surface area contributed by atoms with E-state index in [-0.39, 0.29) is 25.4 Å². The van der Waals surface area contributed by atoms with Gasteiger partial charge >= 0.3 is 23.9 Å². The summed E-state index contributed by atoms with van der Waals surface area (Å²) in [7, 11) is 1.28. The minimum absolute atomic E-state index is 0.0763. The van der Waals surface area contributed by atoms with E-state index >= 15 is 0 Å². The summed E-state index contributed by atoms with van der Waals surface area (Å²) < 4.78 is 27.4. The lowest BCUT2D eigenvalue weighted by molar-refractivity contribution is -0.250. The van der Waals surface area contributed by atoms with E-state index in [0.29, 0.717) is 0 Å². The molecule has 0 aliphatic carbocycles. The van der Waals surface area contributed by atoms with Crippen molar-refractivity contribution in [3.63, 3.8) is 0 Å². The first-order valence-corrected chi connectivity index (χ1v) is 13.3. The zero-order valence-electron chi connectivity index (χ0n) is 25.5. The SMILES string of the molecule is COC(=O)CC(C)CC(C)(C)C(=O)N(C(C)=O)C1C(OC(C)=O)C(OC(C)=O)C(COC(C)=O)OC1C(C)(C)C. The topological polar surface area (TPSA) is 152 Å². The molecule has 6 unspecified atom stereocenters. The molecular formula is C28H45NO11. The Morgan fingerprint density at radius 1 is 0.850 bits per heavy atom. The van der Waals surface area contributed by atoms with Crippen LogP contribution in [-0.2, 0) is 52.5 Å². The van der Waals surface area contributed by atoms with E-state index in [9.17, 15) is 28.8 Å². The number of methoxy groups -OCH3 is 1. The van der Waals surface area contributed by atoms with Crippen LogP contribution in [0.1, 0.15) is 82.1 Å². The molecule has 0 aromatic carbocycles. The molecule has 0 bridgehead atoms. The fourth-order valence-electron chi connectivity index (χ4n) is 5.13. The Labute approximate surface area is 236 Å². The van der Waals surface area contributed by atoms with Gasteiger partial charge in [-0.2, -0.15) is 0 Å². The Morgan fingerprint density at radius 3 is 1.80 bits per heavy atom. The van der Waals surface area contributed by atoms with Crippen LogP contribution in [0, 0.1) is 16.7 Å². The number of hydrogen-bond acceptors (Lipinski definition) is 11. The minimum atomic E-state index is -1.34. The summed E-state index contributed by atoms with van der Waals surface area (Å²) in [6.07, 6.45) is -4.32. The number of nitrogens with zero attached hydrogens (tertiary/aromatic N) is 1. The fraction of sp³-hybridized carbons (Fsp3) is 0.786. The van der Waals surface area contributed by atoms with Crippen LogP contribution >= 0.6 is 0 Å². The molecule has 0 aromatic rings. The van der Waals surface area contributed by atoms with Gasteiger partial charge < -0.3 is 23.7 Å². The van der Waals surface area contributed by atoms with Crippen molar-refractivity contribution in [1.82, 2.24) is 4.90 Å². The van der Waals surface area contributed by atoms with Crippen LogP contribution < -0.4 is 0 Å². The van der Waals surface area contributed by atoms with Crippen molar-refractivity contribution >= 4 is 35.7 Å². The number of esters is 4. The van der Waals surface area contributed by atoms with Crippen molar-refractivity contribution in [3.05, 3.63) is 0 Å². The molecule has 2 amide bonds. The van der Waals surface area contributed by atoms with E-state index < -0.39 is 77.0 Å². The largest absolute Gasteiger partial charge is 0.469 e. The van der Waals surface area contributed by atoms with Crippen LogP contribution in [0.4, 0.5) is 0 Å². The summed E-state index contributed by atoms with van der Waals surface area (Å²) in [5, 5.41) is 0. The Balaban J connectivity index is 3.73. The van der Waals surface area contributed by atoms with Gasteiger partial charge in [0.1, 0.15) is 18.8 Å². The number of carbonyl (C=O) groups excluding carboxylic acids is 6. The van der Waals surface area contributed by atoms with Gasteiger partial charge in [0.25, 0.3) is 0 Å². The number of rotatable bonds is 10. The molecule has 40 heavy (non-hydrogen) atoms. The quantitative estimate of drug-likeness (QED) is 0.281. The van der Waals surface area contributed by atoms with Gasteiger partial charge in [-0.25, -0.2) is 0 Å². The van der Waals surface area contributed by atoms with E-state index in [4.69, 9.17) is 23.7 Å². The number of hydrogen-bond donors (Lipinski definition) is 0. The molecule has 0 radical (unpaired) electrons. The predicted octanol–water partition coefficient (Wildman–Crippen LogP) is 2.59. The Bertz CT molecular complexity index is 968. The highest BCUT2D eigenvalue weighted by molar-refractivity contribution is 5.97. The summed E-state index contributed by atoms with van der Waals surface area (Å²) in [5.74, 6) is -3.99. The lowest BCUT2D eigenvalue weighted by Crippen LogP contribution is -2.70. The second-order valence-corrected chi connectivity index (χ2v) is 12.1. The van der Waals surface area contributed by atoms with E-state index in [1.54, 1.807) is 20.8 Å². The van der Waals surface area contributed by atoms with Gasteiger partial charge in [0.2, 0.25) is 11.8 Å². The summed E-state index contributed by atoms with van der Waals surface area (Å²) in [5.41, 5.74) is -1.89. The van der Waals surface area contributed by atoms with Crippen LogP contribution in [0.15, 0.2) is 0 Å². The van der Waals surface area contributed by atoms with Crippen molar-refractivity contribution in [1.29, 1.82) is 0 Å². The lowest BCUT2D eigenvalue weighted by atomic mass is 9.75. The summed E-state index contributed by atoms with van der Waals surface area (Å²) in [6, 6.07) is -1.21. The minimum Gasteiger partial charge on any atom is -0.469 e. The molecule has 1 rings (SSSR count). The van der Waals surface area contributed by atoms with Crippen LogP contribution in [-0.4, -0.2) is 84.8 Å². The molecule has 1 heterocycles.